The lowest BCUT2D eigenvalue weighted by atomic mass is 10.1. The summed E-state index contributed by atoms with van der Waals surface area (Å²) in [5.41, 5.74) is 2.83. The highest BCUT2D eigenvalue weighted by Gasteiger charge is 2.17. The quantitative estimate of drug-likeness (QED) is 0.358. The second-order valence-electron chi connectivity index (χ2n) is 7.86. The minimum absolute atomic E-state index is 0.154. The van der Waals surface area contributed by atoms with Gasteiger partial charge in [0, 0.05) is 39.8 Å². The Bertz CT molecular complexity index is 1310. The number of fused-ring (bicyclic) bond motifs is 3. The van der Waals surface area contributed by atoms with Crippen LogP contribution in [0.2, 0.25) is 0 Å². The lowest BCUT2D eigenvalue weighted by Crippen LogP contribution is -2.36. The first-order valence-electron chi connectivity index (χ1n) is 10.5. The Morgan fingerprint density at radius 3 is 2.42 bits per heavy atom. The third kappa shape index (κ3) is 3.94. The third-order valence-electron chi connectivity index (χ3n) is 5.74. The Morgan fingerprint density at radius 1 is 0.935 bits per heavy atom. The number of carbonyl (C=O) groups is 1. The molecule has 2 aromatic carbocycles. The fourth-order valence-electron chi connectivity index (χ4n) is 4.22. The van der Waals surface area contributed by atoms with Gasteiger partial charge in [-0.15, -0.1) is 0 Å². The van der Waals surface area contributed by atoms with Gasteiger partial charge in [-0.25, -0.2) is 9.78 Å². The molecule has 1 saturated carbocycles. The molecule has 1 fully saturated rings. The number of nitrogens with one attached hydrogen (secondary N) is 4. The van der Waals surface area contributed by atoms with E-state index in [1.807, 2.05) is 54.6 Å². The predicted octanol–water partition coefficient (Wildman–Crippen LogP) is 4.88. The molecular formula is C24H23N5O2. The van der Waals surface area contributed by atoms with Crippen molar-refractivity contribution in [3.8, 4) is 0 Å². The Hall–Kier alpha value is -3.87. The molecule has 0 spiro atoms. The molecule has 0 radical (unpaired) electrons. The molecule has 4 aromatic rings. The molecule has 0 bridgehead atoms. The maximum Gasteiger partial charge on any atom is 0.319 e. The number of rotatable bonds is 4. The van der Waals surface area contributed by atoms with Crippen molar-refractivity contribution >= 4 is 44.9 Å². The van der Waals surface area contributed by atoms with Crippen molar-refractivity contribution in [3.63, 3.8) is 0 Å². The van der Waals surface area contributed by atoms with Gasteiger partial charge >= 0.3 is 6.03 Å². The molecule has 4 N–H and O–H groups in total. The normalized spacial score (nSPS) is 14.1. The molecule has 7 heteroatoms. The molecule has 2 amide bonds. The molecule has 0 unspecified atom stereocenters. The van der Waals surface area contributed by atoms with Gasteiger partial charge in [0.25, 0.3) is 5.56 Å². The SMILES string of the molecule is O=C(Nc1ccc(Nc2ccnc3[nH]c(=O)c4ccccc4c23)cc1)NC1CCCC1. The summed E-state index contributed by atoms with van der Waals surface area (Å²) in [5.74, 6) is 0. The van der Waals surface area contributed by atoms with Gasteiger partial charge in [0.1, 0.15) is 5.65 Å². The number of nitrogens with zero attached hydrogens (tertiary/aromatic N) is 1. The first-order valence-corrected chi connectivity index (χ1v) is 10.5. The summed E-state index contributed by atoms with van der Waals surface area (Å²) >= 11 is 0. The van der Waals surface area contributed by atoms with Gasteiger partial charge in [-0.05, 0) is 49.2 Å². The van der Waals surface area contributed by atoms with E-state index in [1.165, 1.54) is 12.8 Å². The summed E-state index contributed by atoms with van der Waals surface area (Å²) in [6.45, 7) is 0. The van der Waals surface area contributed by atoms with Crippen molar-refractivity contribution in [2.75, 3.05) is 10.6 Å². The summed E-state index contributed by atoms with van der Waals surface area (Å²) < 4.78 is 0. The number of amides is 2. The Labute approximate surface area is 178 Å². The lowest BCUT2D eigenvalue weighted by molar-refractivity contribution is 0.248. The van der Waals surface area contributed by atoms with Gasteiger partial charge in [0.15, 0.2) is 0 Å². The van der Waals surface area contributed by atoms with Crippen molar-refractivity contribution < 1.29 is 4.79 Å². The molecule has 31 heavy (non-hydrogen) atoms. The van der Waals surface area contributed by atoms with E-state index in [4.69, 9.17) is 0 Å². The van der Waals surface area contributed by atoms with Gasteiger partial charge in [0.05, 0.1) is 5.69 Å². The maximum absolute atomic E-state index is 12.3. The van der Waals surface area contributed by atoms with Crippen LogP contribution >= 0.6 is 0 Å². The lowest BCUT2D eigenvalue weighted by Gasteiger charge is -2.14. The Morgan fingerprint density at radius 2 is 1.65 bits per heavy atom. The number of aromatic amines is 1. The smallest absolute Gasteiger partial charge is 0.319 e. The highest BCUT2D eigenvalue weighted by atomic mass is 16.2. The largest absolute Gasteiger partial charge is 0.355 e. The van der Waals surface area contributed by atoms with Gasteiger partial charge in [-0.2, -0.15) is 0 Å². The van der Waals surface area contributed by atoms with E-state index in [-0.39, 0.29) is 17.6 Å². The number of H-pyrrole nitrogens is 1. The predicted molar refractivity (Wildman–Crippen MR) is 124 cm³/mol. The Balaban J connectivity index is 1.38. The van der Waals surface area contributed by atoms with Crippen molar-refractivity contribution in [1.82, 2.24) is 15.3 Å². The maximum atomic E-state index is 12.3. The van der Waals surface area contributed by atoms with E-state index in [0.717, 1.165) is 40.7 Å². The number of pyridine rings is 2. The number of benzene rings is 2. The zero-order valence-corrected chi connectivity index (χ0v) is 16.9. The fourth-order valence-corrected chi connectivity index (χ4v) is 4.22. The van der Waals surface area contributed by atoms with Crippen LogP contribution in [0.1, 0.15) is 25.7 Å². The van der Waals surface area contributed by atoms with E-state index >= 15 is 0 Å². The van der Waals surface area contributed by atoms with Crippen LogP contribution in [-0.2, 0) is 0 Å². The molecule has 1 aliphatic carbocycles. The molecule has 1 aliphatic rings. The summed E-state index contributed by atoms with van der Waals surface area (Å²) in [6.07, 6.45) is 6.13. The van der Waals surface area contributed by atoms with E-state index in [0.29, 0.717) is 11.0 Å². The van der Waals surface area contributed by atoms with E-state index in [9.17, 15) is 9.59 Å². The number of aromatic nitrogens is 2. The topological polar surface area (TPSA) is 98.9 Å². The zero-order chi connectivity index (χ0) is 21.2. The van der Waals surface area contributed by atoms with Crippen molar-refractivity contribution in [2.24, 2.45) is 0 Å². The number of urea groups is 1. The minimum Gasteiger partial charge on any atom is -0.355 e. The van der Waals surface area contributed by atoms with Crippen LogP contribution in [0.25, 0.3) is 21.8 Å². The van der Waals surface area contributed by atoms with Crippen LogP contribution in [0.3, 0.4) is 0 Å². The summed E-state index contributed by atoms with van der Waals surface area (Å²) in [5, 5.41) is 11.6. The van der Waals surface area contributed by atoms with Crippen molar-refractivity contribution in [1.29, 1.82) is 0 Å². The van der Waals surface area contributed by atoms with Crippen LogP contribution in [0, 0.1) is 0 Å². The Kier molecular flexibility index (Phi) is 5.00. The minimum atomic E-state index is -0.164. The molecule has 2 aromatic heterocycles. The van der Waals surface area contributed by atoms with Crippen LogP contribution < -0.4 is 21.5 Å². The third-order valence-corrected chi connectivity index (χ3v) is 5.74. The highest BCUT2D eigenvalue weighted by Crippen LogP contribution is 2.29. The molecule has 7 nitrogen and oxygen atoms in total. The summed E-state index contributed by atoms with van der Waals surface area (Å²) in [7, 11) is 0. The van der Waals surface area contributed by atoms with Gasteiger partial charge in [0.2, 0.25) is 0 Å². The summed E-state index contributed by atoms with van der Waals surface area (Å²) in [6, 6.07) is 17.0. The van der Waals surface area contributed by atoms with Crippen LogP contribution in [0.5, 0.6) is 0 Å². The molecule has 5 rings (SSSR count). The van der Waals surface area contributed by atoms with E-state index in [1.54, 1.807) is 6.20 Å². The van der Waals surface area contributed by atoms with Crippen molar-refractivity contribution in [2.45, 2.75) is 31.7 Å². The number of hydrogen-bond acceptors (Lipinski definition) is 4. The van der Waals surface area contributed by atoms with Crippen LogP contribution in [0.4, 0.5) is 21.9 Å². The molecule has 0 saturated heterocycles. The second kappa shape index (κ2) is 8.10. The first kappa shape index (κ1) is 19.1. The molecule has 2 heterocycles. The molecular weight excluding hydrogens is 390 g/mol. The zero-order valence-electron chi connectivity index (χ0n) is 16.9. The summed E-state index contributed by atoms with van der Waals surface area (Å²) in [4.78, 5) is 31.7. The van der Waals surface area contributed by atoms with E-state index < -0.39 is 0 Å². The van der Waals surface area contributed by atoms with Gasteiger partial charge in [-0.1, -0.05) is 31.0 Å². The average Bonchev–Trinajstić information content (AvgIpc) is 3.28. The molecule has 0 atom stereocenters. The standard InChI is InChI=1S/C24H23N5O2/c30-23-19-8-4-3-7-18(19)21-20(13-14-25-22(21)29-23)26-16-9-11-17(12-10-16)28-24(31)27-15-5-1-2-6-15/h3-4,7-15H,1-2,5-6H2,(H2,27,28,31)(H2,25,26,29,30). The van der Waals surface area contributed by atoms with Gasteiger partial charge < -0.3 is 20.9 Å². The molecule has 0 aliphatic heterocycles. The fraction of sp³-hybridized carbons (Fsp3) is 0.208. The van der Waals surface area contributed by atoms with E-state index in [2.05, 4.69) is 25.9 Å². The first-order chi connectivity index (χ1) is 15.2. The average molecular weight is 413 g/mol. The second-order valence-corrected chi connectivity index (χ2v) is 7.86. The monoisotopic (exact) mass is 413 g/mol. The van der Waals surface area contributed by atoms with Crippen molar-refractivity contribution in [3.05, 3.63) is 71.1 Å². The van der Waals surface area contributed by atoms with Crippen LogP contribution in [-0.4, -0.2) is 22.0 Å². The number of hydrogen-bond donors (Lipinski definition) is 4. The van der Waals surface area contributed by atoms with Gasteiger partial charge in [-0.3, -0.25) is 4.79 Å². The number of anilines is 3. The number of carbonyl (C=O) groups excluding carboxylic acids is 1. The highest BCUT2D eigenvalue weighted by molar-refractivity contribution is 6.10. The molecule has 156 valence electrons. The van der Waals surface area contributed by atoms with Crippen LogP contribution in [0.15, 0.2) is 65.6 Å².